The molecule has 0 bridgehead atoms. The summed E-state index contributed by atoms with van der Waals surface area (Å²) in [5.74, 6) is 10.1. The second kappa shape index (κ2) is 8.02. The quantitative estimate of drug-likeness (QED) is 0.564. The van der Waals surface area contributed by atoms with Gasteiger partial charge in [-0.1, -0.05) is 56.0 Å². The number of ketones is 1. The third-order valence-corrected chi connectivity index (χ3v) is 10.7. The summed E-state index contributed by atoms with van der Waals surface area (Å²) in [6.07, 6.45) is 10.8. The van der Waals surface area contributed by atoms with Crippen molar-refractivity contribution in [1.82, 2.24) is 0 Å². The molecule has 2 unspecified atom stereocenters. The van der Waals surface area contributed by atoms with Crippen LogP contribution in [0.25, 0.3) is 0 Å². The Labute approximate surface area is 194 Å². The van der Waals surface area contributed by atoms with Crippen molar-refractivity contribution in [2.45, 2.75) is 90.6 Å². The number of fused-ring (bicyclic) bond motifs is 5. The first kappa shape index (κ1) is 22.2. The van der Waals surface area contributed by atoms with Crippen LogP contribution in [0.3, 0.4) is 0 Å². The highest BCUT2D eigenvalue weighted by atomic mass is 16.3. The van der Waals surface area contributed by atoms with Crippen molar-refractivity contribution in [2.75, 3.05) is 0 Å². The lowest BCUT2D eigenvalue weighted by molar-refractivity contribution is -0.144. The average Bonchev–Trinajstić information content (AvgIpc) is 3.13. The molecule has 2 heteroatoms. The van der Waals surface area contributed by atoms with E-state index in [1.807, 2.05) is 25.1 Å². The molecule has 4 aliphatic rings. The van der Waals surface area contributed by atoms with Gasteiger partial charge in [0, 0.05) is 12.3 Å². The topological polar surface area (TPSA) is 37.3 Å². The molecule has 5 rings (SSSR count). The molecule has 8 atom stereocenters. The molecule has 2 nitrogen and oxygen atoms in total. The van der Waals surface area contributed by atoms with E-state index in [0.717, 1.165) is 43.4 Å². The van der Waals surface area contributed by atoms with Crippen LogP contribution in [0.2, 0.25) is 0 Å². The molecule has 0 amide bonds. The Bertz CT molecular complexity index is 925. The predicted octanol–water partition coefficient (Wildman–Crippen LogP) is 6.21. The van der Waals surface area contributed by atoms with E-state index in [2.05, 4.69) is 37.8 Å². The van der Waals surface area contributed by atoms with Crippen LogP contribution < -0.4 is 0 Å². The van der Waals surface area contributed by atoms with E-state index in [4.69, 9.17) is 0 Å². The van der Waals surface area contributed by atoms with Crippen LogP contribution in [0.1, 0.15) is 84.1 Å². The lowest BCUT2D eigenvalue weighted by Gasteiger charge is -2.61. The van der Waals surface area contributed by atoms with Gasteiger partial charge in [0.25, 0.3) is 0 Å². The van der Waals surface area contributed by atoms with Gasteiger partial charge in [0.15, 0.2) is 0 Å². The second-order valence-electron chi connectivity index (χ2n) is 12.1. The zero-order valence-electron chi connectivity index (χ0n) is 20.2. The number of carbonyl (C=O) groups is 1. The Morgan fingerprint density at radius 2 is 1.72 bits per heavy atom. The van der Waals surface area contributed by atoms with Crippen molar-refractivity contribution in [2.24, 2.45) is 40.4 Å². The minimum Gasteiger partial charge on any atom is -0.378 e. The summed E-state index contributed by atoms with van der Waals surface area (Å²) in [5.41, 5.74) is 0.957. The normalized spacial score (nSPS) is 45.1. The van der Waals surface area contributed by atoms with Crippen LogP contribution in [-0.2, 0) is 11.2 Å². The molecule has 0 spiro atoms. The van der Waals surface area contributed by atoms with Crippen molar-refractivity contribution in [3.05, 3.63) is 35.9 Å². The Hall–Kier alpha value is -1.59. The van der Waals surface area contributed by atoms with E-state index in [0.29, 0.717) is 23.5 Å². The lowest BCUT2D eigenvalue weighted by Crippen LogP contribution is -2.56. The van der Waals surface area contributed by atoms with Gasteiger partial charge in [-0.2, -0.15) is 0 Å². The van der Waals surface area contributed by atoms with Gasteiger partial charge in [0.2, 0.25) is 0 Å². The van der Waals surface area contributed by atoms with E-state index >= 15 is 0 Å². The molecule has 4 aliphatic carbocycles. The molecule has 0 heterocycles. The minimum absolute atomic E-state index is 0.231. The standard InChI is InChI=1S/C30H40O2/c1-21(31)25-13-14-26-24-12-11-23-20-30(32,16-7-10-22-8-5-4-6-9-22)19-18-28(23,2)27(24)15-17-29(25,26)3/h4-6,8-9,23-27,32H,10-15,17-20H2,1-3H3/t23?,24-,25+,26-,27-,28-,29+,30?/m0/s1. The molecule has 0 aromatic heterocycles. The molecule has 4 saturated carbocycles. The summed E-state index contributed by atoms with van der Waals surface area (Å²) in [5, 5.41) is 11.4. The molecule has 172 valence electrons. The van der Waals surface area contributed by atoms with Gasteiger partial charge in [-0.05, 0) is 105 Å². The number of carbonyl (C=O) groups excluding carboxylic acids is 1. The first-order valence-electron chi connectivity index (χ1n) is 13.0. The molecule has 4 fully saturated rings. The van der Waals surface area contributed by atoms with E-state index in [1.54, 1.807) is 0 Å². The van der Waals surface area contributed by atoms with Crippen LogP contribution in [-0.4, -0.2) is 16.5 Å². The van der Waals surface area contributed by atoms with Gasteiger partial charge in [0.05, 0.1) is 0 Å². The van der Waals surface area contributed by atoms with Gasteiger partial charge in [-0.3, -0.25) is 4.79 Å². The highest BCUT2D eigenvalue weighted by Gasteiger charge is 2.61. The minimum atomic E-state index is -0.817. The van der Waals surface area contributed by atoms with Gasteiger partial charge in [0.1, 0.15) is 11.4 Å². The van der Waals surface area contributed by atoms with E-state index in [9.17, 15) is 9.90 Å². The van der Waals surface area contributed by atoms with E-state index < -0.39 is 5.60 Å². The maximum absolute atomic E-state index is 12.4. The summed E-state index contributed by atoms with van der Waals surface area (Å²) < 4.78 is 0. The Kier molecular flexibility index (Phi) is 5.57. The Balaban J connectivity index is 1.30. The zero-order valence-corrected chi connectivity index (χ0v) is 20.2. The number of benzene rings is 1. The van der Waals surface area contributed by atoms with Crippen LogP contribution in [0, 0.1) is 52.3 Å². The van der Waals surface area contributed by atoms with Crippen LogP contribution in [0.15, 0.2) is 30.3 Å². The molecular formula is C30H40O2. The fraction of sp³-hybridized carbons (Fsp3) is 0.700. The highest BCUT2D eigenvalue weighted by Crippen LogP contribution is 2.68. The number of hydrogen-bond donors (Lipinski definition) is 1. The summed E-state index contributed by atoms with van der Waals surface area (Å²) in [7, 11) is 0. The summed E-state index contributed by atoms with van der Waals surface area (Å²) in [6.45, 7) is 6.79. The van der Waals surface area contributed by atoms with Crippen molar-refractivity contribution in [1.29, 1.82) is 0 Å². The third-order valence-electron chi connectivity index (χ3n) is 10.7. The van der Waals surface area contributed by atoms with E-state index in [1.165, 1.54) is 37.7 Å². The van der Waals surface area contributed by atoms with Crippen molar-refractivity contribution in [3.63, 3.8) is 0 Å². The third kappa shape index (κ3) is 3.56. The van der Waals surface area contributed by atoms with Gasteiger partial charge < -0.3 is 5.11 Å². The number of rotatable bonds is 2. The number of aliphatic hydroxyl groups is 1. The second-order valence-corrected chi connectivity index (χ2v) is 12.1. The fourth-order valence-corrected chi connectivity index (χ4v) is 8.93. The van der Waals surface area contributed by atoms with Crippen LogP contribution >= 0.6 is 0 Å². The molecular weight excluding hydrogens is 392 g/mol. The summed E-state index contributed by atoms with van der Waals surface area (Å²) in [4.78, 5) is 12.4. The zero-order chi connectivity index (χ0) is 22.6. The molecule has 0 saturated heterocycles. The smallest absolute Gasteiger partial charge is 0.133 e. The monoisotopic (exact) mass is 432 g/mol. The average molecular weight is 433 g/mol. The van der Waals surface area contributed by atoms with Crippen molar-refractivity contribution < 1.29 is 9.90 Å². The maximum atomic E-state index is 12.4. The molecule has 1 aromatic carbocycles. The van der Waals surface area contributed by atoms with Crippen LogP contribution in [0.4, 0.5) is 0 Å². The molecule has 0 radical (unpaired) electrons. The van der Waals surface area contributed by atoms with Crippen LogP contribution in [0.5, 0.6) is 0 Å². The molecule has 32 heavy (non-hydrogen) atoms. The SMILES string of the molecule is CC(=O)[C@H]1CC[C@H]2[C@@H]3CCC4CC(O)(C#CCc5ccccc5)CC[C@]4(C)[C@H]3CC[C@]12C. The lowest BCUT2D eigenvalue weighted by atomic mass is 9.44. The van der Waals surface area contributed by atoms with Gasteiger partial charge in [-0.25, -0.2) is 0 Å². The van der Waals surface area contributed by atoms with Crippen molar-refractivity contribution >= 4 is 5.78 Å². The summed E-state index contributed by atoms with van der Waals surface area (Å²) >= 11 is 0. The highest BCUT2D eigenvalue weighted by molar-refractivity contribution is 5.79. The fourth-order valence-electron chi connectivity index (χ4n) is 8.93. The molecule has 0 aliphatic heterocycles. The van der Waals surface area contributed by atoms with Crippen molar-refractivity contribution in [3.8, 4) is 11.8 Å². The molecule has 1 aromatic rings. The number of Topliss-reactive ketones (excluding diaryl/α,β-unsaturated/α-hetero) is 1. The van der Waals surface area contributed by atoms with Gasteiger partial charge in [-0.15, -0.1) is 0 Å². The first-order chi connectivity index (χ1) is 15.3. The first-order valence-corrected chi connectivity index (χ1v) is 13.0. The Morgan fingerprint density at radius 1 is 0.969 bits per heavy atom. The number of hydrogen-bond acceptors (Lipinski definition) is 2. The predicted molar refractivity (Wildman–Crippen MR) is 129 cm³/mol. The Morgan fingerprint density at radius 3 is 2.47 bits per heavy atom. The summed E-state index contributed by atoms with van der Waals surface area (Å²) in [6, 6.07) is 10.3. The van der Waals surface area contributed by atoms with E-state index in [-0.39, 0.29) is 11.3 Å². The van der Waals surface area contributed by atoms with Gasteiger partial charge >= 0.3 is 0 Å². The molecule has 1 N–H and O–H groups in total. The maximum Gasteiger partial charge on any atom is 0.133 e. The largest absolute Gasteiger partial charge is 0.378 e.